The van der Waals surface area contributed by atoms with Crippen LogP contribution < -0.4 is 0 Å². The average molecular weight is 336 g/mol. The largest absolute Gasteiger partial charge is 0.346 e. The predicted octanol–water partition coefficient (Wildman–Crippen LogP) is 2.17. The number of benzene rings is 1. The van der Waals surface area contributed by atoms with Crippen LogP contribution in [0.1, 0.15) is 18.5 Å². The fourth-order valence-corrected chi connectivity index (χ4v) is 3.28. The quantitative estimate of drug-likeness (QED) is 0.717. The Kier molecular flexibility index (Phi) is 4.15. The first-order valence-electron chi connectivity index (χ1n) is 8.49. The topological polar surface area (TPSA) is 67.2 Å². The van der Waals surface area contributed by atoms with Gasteiger partial charge in [-0.3, -0.25) is 4.90 Å². The molecule has 1 aromatic carbocycles. The van der Waals surface area contributed by atoms with E-state index in [0.29, 0.717) is 30.3 Å². The molecule has 0 saturated carbocycles. The van der Waals surface area contributed by atoms with Crippen LogP contribution in [-0.4, -0.2) is 62.0 Å². The van der Waals surface area contributed by atoms with Crippen molar-refractivity contribution < 1.29 is 4.79 Å². The van der Waals surface area contributed by atoms with Crippen molar-refractivity contribution in [3.63, 3.8) is 0 Å². The highest BCUT2D eigenvalue weighted by Gasteiger charge is 2.26. The van der Waals surface area contributed by atoms with Crippen LogP contribution in [0.3, 0.4) is 0 Å². The van der Waals surface area contributed by atoms with Crippen LogP contribution >= 0.6 is 0 Å². The predicted molar refractivity (Wildman–Crippen MR) is 94.1 cm³/mol. The number of rotatable bonds is 2. The molecule has 1 fully saturated rings. The number of amides is 1. The Morgan fingerprint density at radius 3 is 2.56 bits per heavy atom. The van der Waals surface area contributed by atoms with E-state index in [9.17, 15) is 4.79 Å². The Labute approximate surface area is 145 Å². The van der Waals surface area contributed by atoms with Crippen molar-refractivity contribution in [3.05, 3.63) is 54.2 Å². The lowest BCUT2D eigenvalue weighted by molar-refractivity contribution is 0.113. The molecule has 0 aliphatic carbocycles. The first kappa shape index (κ1) is 15.7. The standard InChI is InChI=1S/C18H20N6O/c1-14(15-6-3-2-4-7-15)22-10-12-23(13-11-22)18(25)24-16-8-5-9-19-17(16)20-21-24/h2-9,14H,10-13H2,1H3. The second kappa shape index (κ2) is 6.60. The Morgan fingerprint density at radius 1 is 1.04 bits per heavy atom. The van der Waals surface area contributed by atoms with Gasteiger partial charge in [-0.1, -0.05) is 35.5 Å². The van der Waals surface area contributed by atoms with Gasteiger partial charge >= 0.3 is 6.03 Å². The molecule has 1 aliphatic heterocycles. The summed E-state index contributed by atoms with van der Waals surface area (Å²) in [5.74, 6) is 0. The summed E-state index contributed by atoms with van der Waals surface area (Å²) < 4.78 is 1.35. The van der Waals surface area contributed by atoms with Gasteiger partial charge in [0.25, 0.3) is 0 Å². The van der Waals surface area contributed by atoms with E-state index in [1.54, 1.807) is 12.3 Å². The molecular weight excluding hydrogens is 316 g/mol. The molecule has 1 unspecified atom stereocenters. The van der Waals surface area contributed by atoms with E-state index < -0.39 is 0 Å². The van der Waals surface area contributed by atoms with Crippen LogP contribution in [0.4, 0.5) is 4.79 Å². The van der Waals surface area contributed by atoms with Gasteiger partial charge in [0.1, 0.15) is 5.52 Å². The normalized spacial score (nSPS) is 16.9. The smallest absolute Gasteiger partial charge is 0.320 e. The molecule has 128 valence electrons. The lowest BCUT2D eigenvalue weighted by atomic mass is 10.1. The number of nitrogens with zero attached hydrogens (tertiary/aromatic N) is 6. The van der Waals surface area contributed by atoms with E-state index in [2.05, 4.69) is 51.4 Å². The molecule has 7 heteroatoms. The molecule has 1 amide bonds. The number of hydrogen-bond donors (Lipinski definition) is 0. The molecule has 0 N–H and O–H groups in total. The first-order valence-corrected chi connectivity index (χ1v) is 8.49. The van der Waals surface area contributed by atoms with Crippen LogP contribution in [0, 0.1) is 0 Å². The highest BCUT2D eigenvalue weighted by molar-refractivity contribution is 5.86. The fraction of sp³-hybridized carbons (Fsp3) is 0.333. The van der Waals surface area contributed by atoms with E-state index in [1.807, 2.05) is 17.0 Å². The summed E-state index contributed by atoms with van der Waals surface area (Å²) in [6.45, 7) is 5.25. The third-order valence-corrected chi connectivity index (χ3v) is 4.82. The maximum absolute atomic E-state index is 12.8. The monoisotopic (exact) mass is 336 g/mol. The van der Waals surface area contributed by atoms with Gasteiger partial charge in [-0.2, -0.15) is 4.68 Å². The minimum atomic E-state index is -0.137. The second-order valence-corrected chi connectivity index (χ2v) is 6.24. The van der Waals surface area contributed by atoms with Gasteiger partial charge in [-0.25, -0.2) is 9.78 Å². The average Bonchev–Trinajstić information content (AvgIpc) is 3.12. The fourth-order valence-electron chi connectivity index (χ4n) is 3.28. The summed E-state index contributed by atoms with van der Waals surface area (Å²) in [7, 11) is 0. The minimum absolute atomic E-state index is 0.137. The molecule has 1 atom stereocenters. The Hall–Kier alpha value is -2.80. The van der Waals surface area contributed by atoms with Crippen molar-refractivity contribution >= 4 is 17.2 Å². The molecule has 1 saturated heterocycles. The Bertz CT molecular complexity index is 869. The van der Waals surface area contributed by atoms with E-state index in [4.69, 9.17) is 0 Å². The molecule has 1 aliphatic rings. The highest BCUT2D eigenvalue weighted by atomic mass is 16.2. The lowest BCUT2D eigenvalue weighted by Gasteiger charge is -2.37. The van der Waals surface area contributed by atoms with Gasteiger partial charge in [0.2, 0.25) is 5.65 Å². The maximum Gasteiger partial charge on any atom is 0.346 e. The summed E-state index contributed by atoms with van der Waals surface area (Å²) in [6, 6.07) is 14.3. The van der Waals surface area contributed by atoms with Crippen LogP contribution in [0.25, 0.3) is 11.2 Å². The summed E-state index contributed by atoms with van der Waals surface area (Å²) in [6.07, 6.45) is 1.65. The van der Waals surface area contributed by atoms with Crippen LogP contribution in [0.5, 0.6) is 0 Å². The minimum Gasteiger partial charge on any atom is -0.320 e. The number of pyridine rings is 1. The maximum atomic E-state index is 12.8. The van der Waals surface area contributed by atoms with Gasteiger partial charge < -0.3 is 4.90 Å². The third kappa shape index (κ3) is 2.98. The third-order valence-electron chi connectivity index (χ3n) is 4.82. The van der Waals surface area contributed by atoms with Crippen molar-refractivity contribution in [1.29, 1.82) is 0 Å². The van der Waals surface area contributed by atoms with Crippen LogP contribution in [0.2, 0.25) is 0 Å². The number of piperazine rings is 1. The summed E-state index contributed by atoms with van der Waals surface area (Å²) in [5.41, 5.74) is 2.44. The van der Waals surface area contributed by atoms with Crippen molar-refractivity contribution in [2.75, 3.05) is 26.2 Å². The number of fused-ring (bicyclic) bond motifs is 1. The van der Waals surface area contributed by atoms with Gasteiger partial charge in [-0.15, -0.1) is 5.10 Å². The van der Waals surface area contributed by atoms with E-state index >= 15 is 0 Å². The van der Waals surface area contributed by atoms with E-state index in [-0.39, 0.29) is 6.03 Å². The van der Waals surface area contributed by atoms with Gasteiger partial charge in [0, 0.05) is 38.4 Å². The number of carbonyl (C=O) groups excluding carboxylic acids is 1. The summed E-state index contributed by atoms with van der Waals surface area (Å²) in [5, 5.41) is 7.93. The Morgan fingerprint density at radius 2 is 1.80 bits per heavy atom. The molecule has 25 heavy (non-hydrogen) atoms. The van der Waals surface area contributed by atoms with Crippen LogP contribution in [0.15, 0.2) is 48.7 Å². The number of hydrogen-bond acceptors (Lipinski definition) is 5. The molecule has 0 bridgehead atoms. The van der Waals surface area contributed by atoms with Gasteiger partial charge in [-0.05, 0) is 24.6 Å². The molecule has 7 nitrogen and oxygen atoms in total. The second-order valence-electron chi connectivity index (χ2n) is 6.24. The first-order chi connectivity index (χ1) is 12.2. The van der Waals surface area contributed by atoms with Gasteiger partial charge in [0.05, 0.1) is 0 Å². The number of carbonyl (C=O) groups is 1. The highest BCUT2D eigenvalue weighted by Crippen LogP contribution is 2.21. The van der Waals surface area contributed by atoms with E-state index in [1.165, 1.54) is 10.2 Å². The zero-order valence-electron chi connectivity index (χ0n) is 14.1. The zero-order chi connectivity index (χ0) is 17.2. The molecule has 4 rings (SSSR count). The molecule has 2 aromatic heterocycles. The molecule has 3 aromatic rings. The van der Waals surface area contributed by atoms with Gasteiger partial charge in [0.15, 0.2) is 0 Å². The molecule has 0 radical (unpaired) electrons. The lowest BCUT2D eigenvalue weighted by Crippen LogP contribution is -2.50. The van der Waals surface area contributed by atoms with E-state index in [0.717, 1.165) is 13.1 Å². The van der Waals surface area contributed by atoms with Crippen molar-refractivity contribution in [1.82, 2.24) is 29.8 Å². The van der Waals surface area contributed by atoms with Crippen molar-refractivity contribution in [3.8, 4) is 0 Å². The summed E-state index contributed by atoms with van der Waals surface area (Å²) >= 11 is 0. The zero-order valence-corrected chi connectivity index (χ0v) is 14.1. The van der Waals surface area contributed by atoms with Crippen molar-refractivity contribution in [2.45, 2.75) is 13.0 Å². The summed E-state index contributed by atoms with van der Waals surface area (Å²) in [4.78, 5) is 21.1. The molecule has 0 spiro atoms. The molecular formula is C18H20N6O. The van der Waals surface area contributed by atoms with Crippen molar-refractivity contribution in [2.24, 2.45) is 0 Å². The SMILES string of the molecule is CC(c1ccccc1)N1CCN(C(=O)n2nnc3ncccc32)CC1. The Balaban J connectivity index is 1.44. The van der Waals surface area contributed by atoms with Crippen LogP contribution in [-0.2, 0) is 0 Å². The number of aromatic nitrogens is 4. The molecule has 3 heterocycles.